The maximum Gasteiger partial charge on any atom is 0.0360 e. The number of benzene rings is 1. The van der Waals surface area contributed by atoms with Crippen LogP contribution in [0.5, 0.6) is 0 Å². The van der Waals surface area contributed by atoms with Crippen molar-refractivity contribution in [1.82, 2.24) is 5.32 Å². The fraction of sp³-hybridized carbons (Fsp3) is 0.500. The minimum absolute atomic E-state index is 0.410. The molecule has 1 atom stereocenters. The smallest absolute Gasteiger partial charge is 0.0360 e. The highest BCUT2D eigenvalue weighted by atomic mass is 14.9. The van der Waals surface area contributed by atoms with E-state index in [9.17, 15) is 0 Å². The van der Waals surface area contributed by atoms with Gasteiger partial charge in [0.1, 0.15) is 0 Å². The second-order valence-corrected chi connectivity index (χ2v) is 4.78. The van der Waals surface area contributed by atoms with E-state index in [0.717, 1.165) is 19.4 Å². The van der Waals surface area contributed by atoms with Gasteiger partial charge in [-0.25, -0.2) is 0 Å². The summed E-state index contributed by atoms with van der Waals surface area (Å²) < 4.78 is 0. The summed E-state index contributed by atoms with van der Waals surface area (Å²) in [6, 6.07) is 7.12. The van der Waals surface area contributed by atoms with Gasteiger partial charge in [-0.05, 0) is 44.4 Å². The molecule has 0 spiro atoms. The van der Waals surface area contributed by atoms with E-state index in [1.165, 1.54) is 22.3 Å². The average molecular weight is 231 g/mol. The van der Waals surface area contributed by atoms with Crippen molar-refractivity contribution >= 4 is 0 Å². The van der Waals surface area contributed by atoms with Crippen LogP contribution in [0.3, 0.4) is 0 Å². The summed E-state index contributed by atoms with van der Waals surface area (Å²) in [5, 5.41) is 3.56. The first-order valence-electron chi connectivity index (χ1n) is 6.55. The lowest BCUT2D eigenvalue weighted by molar-refractivity contribution is 0.540. The summed E-state index contributed by atoms with van der Waals surface area (Å²) >= 11 is 0. The number of hydrogen-bond acceptors (Lipinski definition) is 1. The van der Waals surface area contributed by atoms with Gasteiger partial charge in [-0.3, -0.25) is 0 Å². The average Bonchev–Trinajstić information content (AvgIpc) is 2.28. The van der Waals surface area contributed by atoms with Gasteiger partial charge in [0.2, 0.25) is 0 Å². The first-order chi connectivity index (χ1) is 8.08. The predicted octanol–water partition coefficient (Wildman–Crippen LogP) is 4.31. The van der Waals surface area contributed by atoms with Crippen LogP contribution in [0.25, 0.3) is 0 Å². The van der Waals surface area contributed by atoms with Gasteiger partial charge >= 0.3 is 0 Å². The van der Waals surface area contributed by atoms with E-state index >= 15 is 0 Å². The highest BCUT2D eigenvalue weighted by Gasteiger charge is 2.13. The van der Waals surface area contributed by atoms with Gasteiger partial charge in [0, 0.05) is 6.04 Å². The van der Waals surface area contributed by atoms with Gasteiger partial charge in [-0.2, -0.15) is 0 Å². The molecule has 17 heavy (non-hydrogen) atoms. The molecule has 0 amide bonds. The third kappa shape index (κ3) is 4.01. The van der Waals surface area contributed by atoms with Gasteiger partial charge in [0.25, 0.3) is 0 Å². The molecule has 0 saturated heterocycles. The van der Waals surface area contributed by atoms with Crippen LogP contribution in [-0.2, 0) is 0 Å². The lowest BCUT2D eigenvalue weighted by atomic mass is 9.94. The summed E-state index contributed by atoms with van der Waals surface area (Å²) in [5.41, 5.74) is 5.43. The zero-order chi connectivity index (χ0) is 12.8. The summed E-state index contributed by atoms with van der Waals surface area (Å²) in [6.07, 6.45) is 2.10. The Balaban J connectivity index is 2.92. The molecule has 0 bridgehead atoms. The highest BCUT2D eigenvalue weighted by Crippen LogP contribution is 2.25. The molecule has 0 aliphatic carbocycles. The minimum Gasteiger partial charge on any atom is -0.310 e. The Labute approximate surface area is 106 Å². The Hall–Kier alpha value is -1.08. The van der Waals surface area contributed by atoms with E-state index in [2.05, 4.69) is 57.8 Å². The summed E-state index contributed by atoms with van der Waals surface area (Å²) in [5.74, 6) is 0. The minimum atomic E-state index is 0.410. The van der Waals surface area contributed by atoms with Crippen molar-refractivity contribution in [3.05, 3.63) is 47.0 Å². The van der Waals surface area contributed by atoms with E-state index in [-0.39, 0.29) is 0 Å². The first-order valence-corrected chi connectivity index (χ1v) is 6.55. The molecule has 1 N–H and O–H groups in total. The van der Waals surface area contributed by atoms with Crippen molar-refractivity contribution in [2.24, 2.45) is 0 Å². The monoisotopic (exact) mass is 231 g/mol. The highest BCUT2D eigenvalue weighted by molar-refractivity contribution is 5.33. The largest absolute Gasteiger partial charge is 0.310 e. The van der Waals surface area contributed by atoms with Crippen molar-refractivity contribution in [3.8, 4) is 0 Å². The fourth-order valence-electron chi connectivity index (χ4n) is 2.19. The zero-order valence-corrected chi connectivity index (χ0v) is 11.6. The Morgan fingerprint density at radius 1 is 1.29 bits per heavy atom. The molecule has 1 aromatic rings. The SMILES string of the molecule is C=C(CC)CC(NCC)c1ccc(C)cc1C. The van der Waals surface area contributed by atoms with Gasteiger partial charge in [-0.1, -0.05) is 49.8 Å². The Morgan fingerprint density at radius 3 is 2.53 bits per heavy atom. The maximum absolute atomic E-state index is 4.13. The molecule has 0 fully saturated rings. The number of nitrogens with one attached hydrogen (secondary N) is 1. The van der Waals surface area contributed by atoms with Crippen molar-refractivity contribution in [1.29, 1.82) is 0 Å². The molecular formula is C16H25N. The zero-order valence-electron chi connectivity index (χ0n) is 11.6. The summed E-state index contributed by atoms with van der Waals surface area (Å²) in [4.78, 5) is 0. The molecule has 0 aromatic heterocycles. The number of aryl methyl sites for hydroxylation is 2. The third-order valence-electron chi connectivity index (χ3n) is 3.24. The molecule has 0 heterocycles. The topological polar surface area (TPSA) is 12.0 Å². The second-order valence-electron chi connectivity index (χ2n) is 4.78. The van der Waals surface area contributed by atoms with Crippen molar-refractivity contribution in [2.45, 2.75) is 46.6 Å². The van der Waals surface area contributed by atoms with Crippen LogP contribution in [-0.4, -0.2) is 6.54 Å². The van der Waals surface area contributed by atoms with Gasteiger partial charge in [0.15, 0.2) is 0 Å². The molecular weight excluding hydrogens is 206 g/mol. The van der Waals surface area contributed by atoms with E-state index < -0.39 is 0 Å². The Morgan fingerprint density at radius 2 is 2.00 bits per heavy atom. The van der Waals surface area contributed by atoms with Crippen molar-refractivity contribution in [3.63, 3.8) is 0 Å². The van der Waals surface area contributed by atoms with Crippen LogP contribution in [0.4, 0.5) is 0 Å². The fourth-order valence-corrected chi connectivity index (χ4v) is 2.19. The summed E-state index contributed by atoms with van der Waals surface area (Å²) in [6.45, 7) is 13.8. The van der Waals surface area contributed by atoms with Crippen LogP contribution < -0.4 is 5.32 Å². The number of hydrogen-bond donors (Lipinski definition) is 1. The third-order valence-corrected chi connectivity index (χ3v) is 3.24. The molecule has 0 aliphatic rings. The lowest BCUT2D eigenvalue weighted by Gasteiger charge is -2.21. The molecule has 94 valence electrons. The van der Waals surface area contributed by atoms with Gasteiger partial charge in [0.05, 0.1) is 0 Å². The lowest BCUT2D eigenvalue weighted by Crippen LogP contribution is -2.22. The number of rotatable bonds is 6. The van der Waals surface area contributed by atoms with Crippen molar-refractivity contribution in [2.75, 3.05) is 6.54 Å². The summed E-state index contributed by atoms with van der Waals surface area (Å²) in [7, 11) is 0. The van der Waals surface area contributed by atoms with Crippen molar-refractivity contribution < 1.29 is 0 Å². The molecule has 0 saturated carbocycles. The second kappa shape index (κ2) is 6.61. The van der Waals surface area contributed by atoms with Crippen LogP contribution >= 0.6 is 0 Å². The van der Waals surface area contributed by atoms with Crippen LogP contribution in [0.2, 0.25) is 0 Å². The van der Waals surface area contributed by atoms with Gasteiger partial charge < -0.3 is 5.32 Å². The molecule has 0 radical (unpaired) electrons. The Kier molecular flexibility index (Phi) is 5.43. The molecule has 1 nitrogen and oxygen atoms in total. The van der Waals surface area contributed by atoms with E-state index in [4.69, 9.17) is 0 Å². The Bertz CT molecular complexity index is 379. The van der Waals surface area contributed by atoms with E-state index in [1.807, 2.05) is 0 Å². The standard InChI is InChI=1S/C16H25N/c1-6-12(3)11-16(17-7-2)15-9-8-13(4)10-14(15)5/h8-10,16-17H,3,6-7,11H2,1-2,4-5H3. The molecule has 1 rings (SSSR count). The normalized spacial score (nSPS) is 12.5. The van der Waals surface area contributed by atoms with Crippen LogP contribution in [0.15, 0.2) is 30.4 Å². The molecule has 1 heteroatoms. The van der Waals surface area contributed by atoms with Gasteiger partial charge in [-0.15, -0.1) is 0 Å². The molecule has 0 aliphatic heterocycles. The van der Waals surface area contributed by atoms with E-state index in [0.29, 0.717) is 6.04 Å². The van der Waals surface area contributed by atoms with Crippen LogP contribution in [0, 0.1) is 13.8 Å². The predicted molar refractivity (Wildman–Crippen MR) is 76.4 cm³/mol. The maximum atomic E-state index is 4.13. The molecule has 1 unspecified atom stereocenters. The van der Waals surface area contributed by atoms with E-state index in [1.54, 1.807) is 0 Å². The first kappa shape index (κ1) is 14.0. The van der Waals surface area contributed by atoms with Crippen LogP contribution in [0.1, 0.15) is 49.4 Å². The quantitative estimate of drug-likeness (QED) is 0.719. The molecule has 1 aromatic carbocycles.